The summed E-state index contributed by atoms with van der Waals surface area (Å²) in [5, 5.41) is 17.7. The van der Waals surface area contributed by atoms with E-state index >= 15 is 0 Å². The Hall–Kier alpha value is -2.47. The first-order valence-electron chi connectivity index (χ1n) is 10.4. The molecular weight excluding hydrogens is 435 g/mol. The van der Waals surface area contributed by atoms with Gasteiger partial charge in [0.1, 0.15) is 11.5 Å². The lowest BCUT2D eigenvalue weighted by atomic mass is 9.89. The van der Waals surface area contributed by atoms with E-state index in [1.165, 1.54) is 0 Å². The number of benzene rings is 2. The summed E-state index contributed by atoms with van der Waals surface area (Å²) in [4.78, 5) is 11.5. The summed E-state index contributed by atoms with van der Waals surface area (Å²) in [5.74, 6) is 0.561. The van der Waals surface area contributed by atoms with Gasteiger partial charge in [0.05, 0.1) is 17.1 Å². The minimum atomic E-state index is -0.925. The van der Waals surface area contributed by atoms with Gasteiger partial charge in [-0.25, -0.2) is 4.79 Å². The summed E-state index contributed by atoms with van der Waals surface area (Å²) < 4.78 is 6.00. The van der Waals surface area contributed by atoms with E-state index in [0.29, 0.717) is 33.6 Å². The number of carbonyl (C=O) groups is 1. The maximum absolute atomic E-state index is 11.5. The molecule has 0 amide bonds. The summed E-state index contributed by atoms with van der Waals surface area (Å²) in [6.07, 6.45) is 4.24. The summed E-state index contributed by atoms with van der Waals surface area (Å²) in [5.41, 5.74) is 1.72. The first kappa shape index (κ1) is 21.8. The van der Waals surface area contributed by atoms with Gasteiger partial charge >= 0.3 is 5.97 Å². The SMILES string of the molecule is O=C(O)c1ccccc1N[C@@H]1CCCC[C@@H]1NCc1ccc(-c2cc(Cl)ccc2Cl)o1. The Morgan fingerprint density at radius 2 is 1.81 bits per heavy atom. The fraction of sp³-hybridized carbons (Fsp3) is 0.292. The number of carboxylic acids is 1. The van der Waals surface area contributed by atoms with Gasteiger partial charge in [-0.1, -0.05) is 48.2 Å². The Labute approximate surface area is 191 Å². The van der Waals surface area contributed by atoms with E-state index in [4.69, 9.17) is 27.6 Å². The van der Waals surface area contributed by atoms with Crippen molar-refractivity contribution in [3.63, 3.8) is 0 Å². The highest BCUT2D eigenvalue weighted by Crippen LogP contribution is 2.32. The van der Waals surface area contributed by atoms with Crippen LogP contribution in [0.4, 0.5) is 5.69 Å². The van der Waals surface area contributed by atoms with E-state index in [-0.39, 0.29) is 12.1 Å². The van der Waals surface area contributed by atoms with Gasteiger partial charge in [-0.15, -0.1) is 0 Å². The number of nitrogens with one attached hydrogen (secondary N) is 2. The molecule has 5 nitrogen and oxygen atoms in total. The molecule has 2 aromatic carbocycles. The van der Waals surface area contributed by atoms with Crippen molar-refractivity contribution in [2.24, 2.45) is 0 Å². The van der Waals surface area contributed by atoms with Crippen LogP contribution < -0.4 is 10.6 Å². The molecular formula is C24H24Cl2N2O3. The molecule has 2 atom stereocenters. The lowest BCUT2D eigenvalue weighted by Crippen LogP contribution is -2.46. The minimum absolute atomic E-state index is 0.144. The summed E-state index contributed by atoms with van der Waals surface area (Å²) in [6.45, 7) is 0.571. The van der Waals surface area contributed by atoms with Crippen molar-refractivity contribution in [1.29, 1.82) is 0 Å². The van der Waals surface area contributed by atoms with Gasteiger partial charge in [0, 0.05) is 28.4 Å². The van der Waals surface area contributed by atoms with Crippen LogP contribution in [0.3, 0.4) is 0 Å². The molecule has 1 saturated carbocycles. The largest absolute Gasteiger partial charge is 0.478 e. The van der Waals surface area contributed by atoms with Crippen molar-refractivity contribution in [1.82, 2.24) is 5.32 Å². The van der Waals surface area contributed by atoms with Crippen LogP contribution in [-0.4, -0.2) is 23.2 Å². The molecule has 31 heavy (non-hydrogen) atoms. The van der Waals surface area contributed by atoms with Crippen LogP contribution >= 0.6 is 23.2 Å². The highest BCUT2D eigenvalue weighted by molar-refractivity contribution is 6.35. The molecule has 0 spiro atoms. The van der Waals surface area contributed by atoms with Crippen molar-refractivity contribution in [3.05, 3.63) is 76.0 Å². The minimum Gasteiger partial charge on any atom is -0.478 e. The predicted molar refractivity (Wildman–Crippen MR) is 124 cm³/mol. The first-order valence-corrected chi connectivity index (χ1v) is 11.1. The van der Waals surface area contributed by atoms with Crippen molar-refractivity contribution in [3.8, 4) is 11.3 Å². The molecule has 1 aromatic heterocycles. The van der Waals surface area contributed by atoms with Crippen LogP contribution in [0.5, 0.6) is 0 Å². The fourth-order valence-electron chi connectivity index (χ4n) is 4.08. The van der Waals surface area contributed by atoms with Gasteiger partial charge in [-0.05, 0) is 55.3 Å². The standard InChI is InChI=1S/C24H24Cl2N2O3/c25-15-9-11-19(26)18(13-15)23-12-10-16(31-23)14-27-21-7-3-4-8-22(21)28-20-6-2-1-5-17(20)24(29)30/h1-2,5-6,9-13,21-22,27-28H,3-4,7-8,14H2,(H,29,30)/t21-,22+/m0/s1. The summed E-state index contributed by atoms with van der Waals surface area (Å²) in [6, 6.07) is 16.5. The van der Waals surface area contributed by atoms with Crippen molar-refractivity contribution < 1.29 is 14.3 Å². The van der Waals surface area contributed by atoms with Gasteiger partial charge < -0.3 is 20.2 Å². The third-order valence-electron chi connectivity index (χ3n) is 5.66. The average molecular weight is 459 g/mol. The normalized spacial score (nSPS) is 18.6. The van der Waals surface area contributed by atoms with E-state index in [0.717, 1.165) is 37.0 Å². The second-order valence-corrected chi connectivity index (χ2v) is 8.61. The summed E-state index contributed by atoms with van der Waals surface area (Å²) >= 11 is 12.4. The molecule has 0 bridgehead atoms. The van der Waals surface area contributed by atoms with E-state index in [1.807, 2.05) is 24.3 Å². The zero-order valence-electron chi connectivity index (χ0n) is 16.9. The fourth-order valence-corrected chi connectivity index (χ4v) is 4.46. The molecule has 1 heterocycles. The number of para-hydroxylation sites is 1. The van der Waals surface area contributed by atoms with Crippen LogP contribution in [-0.2, 0) is 6.54 Å². The number of furan rings is 1. The topological polar surface area (TPSA) is 74.5 Å². The smallest absolute Gasteiger partial charge is 0.337 e. The molecule has 0 saturated heterocycles. The maximum atomic E-state index is 11.5. The molecule has 3 N–H and O–H groups in total. The van der Waals surface area contributed by atoms with Crippen LogP contribution in [0.15, 0.2) is 59.0 Å². The Balaban J connectivity index is 1.43. The van der Waals surface area contributed by atoms with Gasteiger partial charge in [-0.3, -0.25) is 0 Å². The molecule has 162 valence electrons. The van der Waals surface area contributed by atoms with Crippen LogP contribution in [0.1, 0.15) is 41.8 Å². The highest BCUT2D eigenvalue weighted by Gasteiger charge is 2.26. The molecule has 0 radical (unpaired) electrons. The van der Waals surface area contributed by atoms with E-state index < -0.39 is 5.97 Å². The Bertz CT molecular complexity index is 1070. The molecule has 1 aliphatic rings. The lowest BCUT2D eigenvalue weighted by Gasteiger charge is -2.34. The zero-order chi connectivity index (χ0) is 21.8. The third-order valence-corrected chi connectivity index (χ3v) is 6.22. The second-order valence-electron chi connectivity index (χ2n) is 7.76. The number of carboxylic acid groups (broad SMARTS) is 1. The predicted octanol–water partition coefficient (Wildman–Crippen LogP) is 6.46. The van der Waals surface area contributed by atoms with Crippen LogP contribution in [0.2, 0.25) is 10.0 Å². The molecule has 4 rings (SSSR count). The second kappa shape index (κ2) is 9.77. The summed E-state index contributed by atoms with van der Waals surface area (Å²) in [7, 11) is 0. The highest BCUT2D eigenvalue weighted by atomic mass is 35.5. The Morgan fingerprint density at radius 1 is 1.03 bits per heavy atom. The Kier molecular flexibility index (Phi) is 6.86. The first-order chi connectivity index (χ1) is 15.0. The molecule has 7 heteroatoms. The number of hydrogen-bond acceptors (Lipinski definition) is 4. The van der Waals surface area contributed by atoms with Gasteiger partial charge in [0.2, 0.25) is 0 Å². The van der Waals surface area contributed by atoms with Crippen molar-refractivity contribution in [2.75, 3.05) is 5.32 Å². The van der Waals surface area contributed by atoms with E-state index in [1.54, 1.807) is 30.3 Å². The van der Waals surface area contributed by atoms with E-state index in [2.05, 4.69) is 10.6 Å². The van der Waals surface area contributed by atoms with Crippen LogP contribution in [0, 0.1) is 0 Å². The zero-order valence-corrected chi connectivity index (χ0v) is 18.4. The van der Waals surface area contributed by atoms with Gasteiger partial charge in [0.15, 0.2) is 0 Å². The molecule has 1 aliphatic carbocycles. The van der Waals surface area contributed by atoms with Gasteiger partial charge in [-0.2, -0.15) is 0 Å². The number of aromatic carboxylic acids is 1. The number of rotatable bonds is 7. The maximum Gasteiger partial charge on any atom is 0.337 e. The van der Waals surface area contributed by atoms with E-state index in [9.17, 15) is 9.90 Å². The monoisotopic (exact) mass is 458 g/mol. The van der Waals surface area contributed by atoms with Crippen molar-refractivity contribution in [2.45, 2.75) is 44.3 Å². The molecule has 1 fully saturated rings. The van der Waals surface area contributed by atoms with Crippen molar-refractivity contribution >= 4 is 34.9 Å². The third kappa shape index (κ3) is 5.24. The number of anilines is 1. The Morgan fingerprint density at radius 3 is 2.61 bits per heavy atom. The lowest BCUT2D eigenvalue weighted by molar-refractivity contribution is 0.0698. The molecule has 0 aliphatic heterocycles. The molecule has 3 aromatic rings. The quantitative estimate of drug-likeness (QED) is 0.378. The number of hydrogen-bond donors (Lipinski definition) is 3. The average Bonchev–Trinajstić information content (AvgIpc) is 3.24. The van der Waals surface area contributed by atoms with Gasteiger partial charge in [0.25, 0.3) is 0 Å². The molecule has 0 unspecified atom stereocenters. The number of halogens is 2. The van der Waals surface area contributed by atoms with Crippen LogP contribution in [0.25, 0.3) is 11.3 Å².